The second kappa shape index (κ2) is 8.28. The summed E-state index contributed by atoms with van der Waals surface area (Å²) in [4.78, 5) is 24.8. The molecule has 1 amide bonds. The molecule has 2 heterocycles. The fourth-order valence-electron chi connectivity index (χ4n) is 3.11. The van der Waals surface area contributed by atoms with Gasteiger partial charge in [-0.15, -0.1) is 0 Å². The van der Waals surface area contributed by atoms with E-state index in [9.17, 15) is 18.4 Å². The molecule has 8 heteroatoms. The van der Waals surface area contributed by atoms with Crippen molar-refractivity contribution in [3.05, 3.63) is 94.5 Å². The van der Waals surface area contributed by atoms with Crippen LogP contribution in [0.4, 0.5) is 8.78 Å². The van der Waals surface area contributed by atoms with Gasteiger partial charge < -0.3 is 9.88 Å². The maximum absolute atomic E-state index is 13.6. The number of carbonyl (C=O) groups excluding carboxylic acids is 1. The van der Waals surface area contributed by atoms with Gasteiger partial charge in [-0.1, -0.05) is 18.2 Å². The van der Waals surface area contributed by atoms with Gasteiger partial charge in [0.1, 0.15) is 17.2 Å². The largest absolute Gasteiger partial charge is 0.352 e. The van der Waals surface area contributed by atoms with Crippen molar-refractivity contribution in [2.24, 2.45) is 0 Å². The Hall–Kier alpha value is -3.81. The van der Waals surface area contributed by atoms with Crippen molar-refractivity contribution in [1.82, 2.24) is 19.5 Å². The first kappa shape index (κ1) is 19.5. The van der Waals surface area contributed by atoms with E-state index in [2.05, 4.69) is 10.4 Å². The monoisotopic (exact) mass is 408 g/mol. The predicted octanol–water partition coefficient (Wildman–Crippen LogP) is 3.15. The molecule has 0 unspecified atom stereocenters. The van der Waals surface area contributed by atoms with Gasteiger partial charge in [0, 0.05) is 43.0 Å². The molecule has 0 radical (unpaired) electrons. The first-order chi connectivity index (χ1) is 14.5. The first-order valence-electron chi connectivity index (χ1n) is 9.36. The normalized spacial score (nSPS) is 11.0. The molecule has 0 fully saturated rings. The number of carbonyl (C=O) groups is 1. The molecule has 2 aromatic heterocycles. The minimum atomic E-state index is -0.378. The minimum absolute atomic E-state index is 0.0729. The highest BCUT2D eigenvalue weighted by Gasteiger charge is 2.11. The van der Waals surface area contributed by atoms with Crippen LogP contribution < -0.4 is 10.9 Å². The average Bonchev–Trinajstić information content (AvgIpc) is 3.18. The highest BCUT2D eigenvalue weighted by molar-refractivity contribution is 5.75. The molecule has 1 N–H and O–H groups in total. The summed E-state index contributed by atoms with van der Waals surface area (Å²) >= 11 is 0. The molecular weight excluding hydrogens is 390 g/mol. The van der Waals surface area contributed by atoms with E-state index in [-0.39, 0.29) is 42.6 Å². The molecule has 0 atom stereocenters. The number of aryl methyl sites for hydroxylation is 1. The molecule has 0 aliphatic carbocycles. The molecule has 4 aromatic rings. The van der Waals surface area contributed by atoms with E-state index < -0.39 is 0 Å². The zero-order valence-electron chi connectivity index (χ0n) is 15.9. The number of rotatable bonds is 6. The first-order valence-corrected chi connectivity index (χ1v) is 9.36. The van der Waals surface area contributed by atoms with Crippen LogP contribution >= 0.6 is 0 Å². The molecule has 4 rings (SSSR count). The highest BCUT2D eigenvalue weighted by Crippen LogP contribution is 2.18. The van der Waals surface area contributed by atoms with Gasteiger partial charge in [-0.2, -0.15) is 5.10 Å². The SMILES string of the molecule is O=C(CCn1ccn2nc(-c3ccc(F)cc3)cc2c1=O)NCc1ccccc1F. The van der Waals surface area contributed by atoms with Crippen LogP contribution in [0.2, 0.25) is 0 Å². The summed E-state index contributed by atoms with van der Waals surface area (Å²) < 4.78 is 29.6. The van der Waals surface area contributed by atoms with E-state index in [4.69, 9.17) is 0 Å². The van der Waals surface area contributed by atoms with Gasteiger partial charge in [-0.3, -0.25) is 9.59 Å². The lowest BCUT2D eigenvalue weighted by atomic mass is 10.1. The Kier molecular flexibility index (Phi) is 5.38. The molecular formula is C22H18F2N4O2. The molecule has 2 aromatic carbocycles. The van der Waals surface area contributed by atoms with Crippen LogP contribution in [0.1, 0.15) is 12.0 Å². The maximum atomic E-state index is 13.6. The number of nitrogens with one attached hydrogen (secondary N) is 1. The quantitative estimate of drug-likeness (QED) is 0.533. The maximum Gasteiger partial charge on any atom is 0.276 e. The summed E-state index contributed by atoms with van der Waals surface area (Å²) in [5.41, 5.74) is 1.70. The smallest absolute Gasteiger partial charge is 0.276 e. The van der Waals surface area contributed by atoms with Gasteiger partial charge in [0.05, 0.1) is 5.69 Å². The standard InChI is InChI=1S/C22H18F2N4O2/c23-17-7-5-15(6-8-17)19-13-20-22(30)27(11-12-28(20)26-19)10-9-21(29)25-14-16-3-1-2-4-18(16)24/h1-8,11-13H,9-10,14H2,(H,25,29). The number of hydrogen-bond acceptors (Lipinski definition) is 3. The summed E-state index contributed by atoms with van der Waals surface area (Å²) in [6, 6.07) is 13.7. The molecule has 0 spiro atoms. The zero-order chi connectivity index (χ0) is 21.1. The van der Waals surface area contributed by atoms with E-state index in [0.717, 1.165) is 0 Å². The second-order valence-corrected chi connectivity index (χ2v) is 6.78. The number of nitrogens with zero attached hydrogens (tertiary/aromatic N) is 3. The van der Waals surface area contributed by atoms with E-state index in [0.29, 0.717) is 22.3 Å². The topological polar surface area (TPSA) is 68.4 Å². The number of halogens is 2. The summed E-state index contributed by atoms with van der Waals surface area (Å²) in [5, 5.41) is 7.00. The third-order valence-electron chi connectivity index (χ3n) is 4.76. The van der Waals surface area contributed by atoms with Crippen LogP contribution in [-0.2, 0) is 17.9 Å². The predicted molar refractivity (Wildman–Crippen MR) is 108 cm³/mol. The van der Waals surface area contributed by atoms with Crippen molar-refractivity contribution in [2.75, 3.05) is 0 Å². The third kappa shape index (κ3) is 4.12. The van der Waals surface area contributed by atoms with Gasteiger partial charge >= 0.3 is 0 Å². The summed E-state index contributed by atoms with van der Waals surface area (Å²) in [6.45, 7) is 0.262. The molecule has 0 aliphatic rings. The van der Waals surface area contributed by atoms with E-state index in [1.54, 1.807) is 48.8 Å². The van der Waals surface area contributed by atoms with Crippen LogP contribution in [-0.4, -0.2) is 20.1 Å². The Morgan fingerprint density at radius 3 is 2.57 bits per heavy atom. The fourth-order valence-corrected chi connectivity index (χ4v) is 3.11. The molecule has 0 saturated heterocycles. The number of benzene rings is 2. The molecule has 0 bridgehead atoms. The summed E-state index contributed by atoms with van der Waals surface area (Å²) in [5.74, 6) is -1.01. The van der Waals surface area contributed by atoms with Crippen LogP contribution in [0.3, 0.4) is 0 Å². The minimum Gasteiger partial charge on any atom is -0.352 e. The van der Waals surface area contributed by atoms with E-state index >= 15 is 0 Å². The molecule has 0 aliphatic heterocycles. The van der Waals surface area contributed by atoms with Gasteiger partial charge in [0.15, 0.2) is 0 Å². The van der Waals surface area contributed by atoms with Crippen molar-refractivity contribution in [2.45, 2.75) is 19.5 Å². The Balaban J connectivity index is 1.45. The summed E-state index contributed by atoms with van der Waals surface area (Å²) in [6.07, 6.45) is 3.26. The number of aromatic nitrogens is 3. The molecule has 30 heavy (non-hydrogen) atoms. The van der Waals surface area contributed by atoms with Crippen LogP contribution in [0.15, 0.2) is 71.8 Å². The number of amides is 1. The van der Waals surface area contributed by atoms with Crippen molar-refractivity contribution >= 4 is 11.4 Å². The Labute approximate surface area is 170 Å². The zero-order valence-corrected chi connectivity index (χ0v) is 15.9. The Bertz CT molecular complexity index is 1260. The van der Waals surface area contributed by atoms with Gasteiger partial charge in [0.2, 0.25) is 5.91 Å². The fraction of sp³-hybridized carbons (Fsp3) is 0.136. The Morgan fingerprint density at radius 1 is 1.03 bits per heavy atom. The van der Waals surface area contributed by atoms with Crippen molar-refractivity contribution in [3.8, 4) is 11.3 Å². The summed E-state index contributed by atoms with van der Waals surface area (Å²) in [7, 11) is 0. The van der Waals surface area contributed by atoms with Crippen molar-refractivity contribution in [3.63, 3.8) is 0 Å². The average molecular weight is 408 g/mol. The lowest BCUT2D eigenvalue weighted by molar-refractivity contribution is -0.121. The number of hydrogen-bond donors (Lipinski definition) is 1. The lowest BCUT2D eigenvalue weighted by Crippen LogP contribution is -2.27. The van der Waals surface area contributed by atoms with Crippen LogP contribution in [0.5, 0.6) is 0 Å². The lowest BCUT2D eigenvalue weighted by Gasteiger charge is -2.08. The van der Waals surface area contributed by atoms with Gasteiger partial charge in [-0.05, 0) is 36.4 Å². The van der Waals surface area contributed by atoms with Crippen LogP contribution in [0.25, 0.3) is 16.8 Å². The van der Waals surface area contributed by atoms with Gasteiger partial charge in [-0.25, -0.2) is 13.3 Å². The van der Waals surface area contributed by atoms with Crippen molar-refractivity contribution < 1.29 is 13.6 Å². The second-order valence-electron chi connectivity index (χ2n) is 6.78. The Morgan fingerprint density at radius 2 is 1.80 bits per heavy atom. The molecule has 6 nitrogen and oxygen atoms in total. The van der Waals surface area contributed by atoms with Crippen molar-refractivity contribution in [1.29, 1.82) is 0 Å². The molecule has 152 valence electrons. The highest BCUT2D eigenvalue weighted by atomic mass is 19.1. The van der Waals surface area contributed by atoms with Gasteiger partial charge in [0.25, 0.3) is 5.56 Å². The number of fused-ring (bicyclic) bond motifs is 1. The van der Waals surface area contributed by atoms with Crippen LogP contribution in [0, 0.1) is 11.6 Å². The molecule has 0 saturated carbocycles. The third-order valence-corrected chi connectivity index (χ3v) is 4.76. The van der Waals surface area contributed by atoms with E-state index in [1.807, 2.05) is 0 Å². The van der Waals surface area contributed by atoms with E-state index in [1.165, 1.54) is 27.3 Å².